The second kappa shape index (κ2) is 13.6. The van der Waals surface area contributed by atoms with Crippen LogP contribution >= 0.6 is 0 Å². The lowest BCUT2D eigenvalue weighted by Gasteiger charge is -2.14. The van der Waals surface area contributed by atoms with Crippen LogP contribution in [0.3, 0.4) is 0 Å². The van der Waals surface area contributed by atoms with Crippen molar-refractivity contribution in [2.24, 2.45) is 0 Å². The maximum Gasteiger partial charge on any atom is 0.160 e. The van der Waals surface area contributed by atoms with Gasteiger partial charge in [0.1, 0.15) is 0 Å². The van der Waals surface area contributed by atoms with E-state index in [1.54, 1.807) is 0 Å². The molecule has 0 aliphatic heterocycles. The first-order chi connectivity index (χ1) is 28.3. The molecule has 11 aromatic rings. The fourth-order valence-electron chi connectivity index (χ4n) is 8.49. The molecule has 2 heterocycles. The second-order valence-electron chi connectivity index (χ2n) is 14.6. The molecule has 2 aromatic heterocycles. The molecule has 0 N–H and O–H groups in total. The molecule has 266 valence electrons. The van der Waals surface area contributed by atoms with Crippen LogP contribution < -0.4 is 0 Å². The van der Waals surface area contributed by atoms with Crippen molar-refractivity contribution in [2.45, 2.75) is 0 Å². The summed E-state index contributed by atoms with van der Waals surface area (Å²) in [5.74, 6) is 0.715. The number of para-hydroxylation sites is 1. The van der Waals surface area contributed by atoms with Crippen molar-refractivity contribution in [2.75, 3.05) is 0 Å². The van der Waals surface area contributed by atoms with Gasteiger partial charge in [-0.25, -0.2) is 9.97 Å². The number of hydrogen-bond donors (Lipinski definition) is 0. The van der Waals surface area contributed by atoms with Crippen LogP contribution in [0.2, 0.25) is 0 Å². The summed E-state index contributed by atoms with van der Waals surface area (Å²) in [4.78, 5) is 10.2. The zero-order valence-corrected chi connectivity index (χ0v) is 31.0. The van der Waals surface area contributed by atoms with E-state index in [0.29, 0.717) is 5.82 Å². The van der Waals surface area contributed by atoms with Gasteiger partial charge in [0.15, 0.2) is 5.82 Å². The molecule has 57 heavy (non-hydrogen) atoms. The number of rotatable bonds is 6. The number of aromatic nitrogens is 3. The van der Waals surface area contributed by atoms with E-state index in [2.05, 4.69) is 193 Å². The van der Waals surface area contributed by atoms with Gasteiger partial charge in [0, 0.05) is 32.8 Å². The van der Waals surface area contributed by atoms with Crippen LogP contribution in [0.5, 0.6) is 0 Å². The molecule has 0 radical (unpaired) electrons. The Morgan fingerprint density at radius 1 is 0.298 bits per heavy atom. The molecule has 0 aliphatic rings. The predicted octanol–water partition coefficient (Wildman–Crippen LogP) is 14.2. The molecule has 0 atom stereocenters. The highest BCUT2D eigenvalue weighted by Gasteiger charge is 2.17. The van der Waals surface area contributed by atoms with Crippen LogP contribution in [0.4, 0.5) is 0 Å². The van der Waals surface area contributed by atoms with Crippen molar-refractivity contribution < 1.29 is 0 Å². The Morgan fingerprint density at radius 3 is 1.65 bits per heavy atom. The third-order valence-electron chi connectivity index (χ3n) is 11.2. The van der Waals surface area contributed by atoms with Gasteiger partial charge >= 0.3 is 0 Å². The van der Waals surface area contributed by atoms with E-state index in [-0.39, 0.29) is 0 Å². The molecule has 0 bridgehead atoms. The highest BCUT2D eigenvalue weighted by Crippen LogP contribution is 2.39. The quantitative estimate of drug-likeness (QED) is 0.171. The molecule has 11 rings (SSSR count). The fourth-order valence-corrected chi connectivity index (χ4v) is 8.49. The van der Waals surface area contributed by atoms with Crippen LogP contribution in [-0.4, -0.2) is 14.5 Å². The average molecular weight is 726 g/mol. The molecular weight excluding hydrogens is 691 g/mol. The van der Waals surface area contributed by atoms with Crippen LogP contribution in [0.1, 0.15) is 0 Å². The summed E-state index contributed by atoms with van der Waals surface area (Å²) in [5, 5.41) is 7.32. The van der Waals surface area contributed by atoms with Gasteiger partial charge in [-0.2, -0.15) is 0 Å². The van der Waals surface area contributed by atoms with Crippen molar-refractivity contribution >= 4 is 43.4 Å². The van der Waals surface area contributed by atoms with Gasteiger partial charge in [-0.05, 0) is 68.7 Å². The van der Waals surface area contributed by atoms with Crippen molar-refractivity contribution in [3.63, 3.8) is 0 Å². The summed E-state index contributed by atoms with van der Waals surface area (Å²) in [6.07, 6.45) is 0. The molecule has 9 aromatic carbocycles. The van der Waals surface area contributed by atoms with Crippen LogP contribution in [0.25, 0.3) is 105 Å². The van der Waals surface area contributed by atoms with E-state index in [9.17, 15) is 0 Å². The zero-order valence-electron chi connectivity index (χ0n) is 31.0. The van der Waals surface area contributed by atoms with E-state index in [1.807, 2.05) is 24.3 Å². The minimum Gasteiger partial charge on any atom is -0.309 e. The number of benzene rings is 9. The summed E-state index contributed by atoms with van der Waals surface area (Å²) < 4.78 is 2.42. The van der Waals surface area contributed by atoms with Crippen molar-refractivity contribution in [3.8, 4) is 61.8 Å². The lowest BCUT2D eigenvalue weighted by atomic mass is 9.92. The van der Waals surface area contributed by atoms with Crippen molar-refractivity contribution in [3.05, 3.63) is 212 Å². The molecule has 0 saturated heterocycles. The van der Waals surface area contributed by atoms with E-state index < -0.39 is 0 Å². The Labute approximate surface area is 330 Å². The molecule has 0 aliphatic carbocycles. The lowest BCUT2D eigenvalue weighted by Crippen LogP contribution is -1.96. The molecule has 3 nitrogen and oxygen atoms in total. The van der Waals surface area contributed by atoms with Crippen LogP contribution in [0.15, 0.2) is 212 Å². The zero-order chi connectivity index (χ0) is 37.7. The fraction of sp³-hybridized carbons (Fsp3) is 0. The molecule has 3 heteroatoms. The first-order valence-electron chi connectivity index (χ1n) is 19.4. The van der Waals surface area contributed by atoms with Gasteiger partial charge in [-0.1, -0.05) is 182 Å². The Balaban J connectivity index is 0.989. The largest absolute Gasteiger partial charge is 0.309 e. The van der Waals surface area contributed by atoms with Crippen LogP contribution in [-0.2, 0) is 0 Å². The van der Waals surface area contributed by atoms with E-state index in [0.717, 1.165) is 33.5 Å². The first-order valence-corrected chi connectivity index (χ1v) is 19.4. The monoisotopic (exact) mass is 725 g/mol. The third-order valence-corrected chi connectivity index (χ3v) is 11.2. The Morgan fingerprint density at radius 2 is 0.860 bits per heavy atom. The first kappa shape index (κ1) is 32.8. The third kappa shape index (κ3) is 5.68. The SMILES string of the molecule is c1ccc(-c2cc(-c3ccc(-c4ccc(-c5ccc6c(c5)c5ccccc5n6-c5cccc6ccccc56)cc4)c4ccccc34)nc(-c3ccccc3)n2)cc1. The maximum atomic E-state index is 5.16. The minimum absolute atomic E-state index is 0.715. The van der Waals surface area contributed by atoms with Crippen molar-refractivity contribution in [1.82, 2.24) is 14.5 Å². The number of nitrogens with zero attached hydrogens (tertiary/aromatic N) is 3. The maximum absolute atomic E-state index is 5.16. The summed E-state index contributed by atoms with van der Waals surface area (Å²) in [5.41, 5.74) is 13.3. The molecule has 0 amide bonds. The minimum atomic E-state index is 0.715. The summed E-state index contributed by atoms with van der Waals surface area (Å²) in [6, 6.07) is 75.7. The van der Waals surface area contributed by atoms with Gasteiger partial charge in [0.2, 0.25) is 0 Å². The van der Waals surface area contributed by atoms with Crippen molar-refractivity contribution in [1.29, 1.82) is 0 Å². The second-order valence-corrected chi connectivity index (χ2v) is 14.6. The topological polar surface area (TPSA) is 30.7 Å². The van der Waals surface area contributed by atoms with E-state index in [4.69, 9.17) is 9.97 Å². The molecule has 0 fully saturated rings. The standard InChI is InChI=1S/C54H35N3/c1-3-15-39(16-4-1)49-35-50(56-54(55-49)40-17-5-2-6-18-40)46-32-31-42(44-21-9-10-22-45(44)46)38-28-26-36(27-29-38)41-30-33-53-48(34-41)47-23-11-12-24-52(47)57(53)51-25-13-19-37-14-7-8-20-43(37)51/h1-35H. The van der Waals surface area contributed by atoms with Gasteiger partial charge in [-0.15, -0.1) is 0 Å². The van der Waals surface area contributed by atoms with E-state index in [1.165, 1.54) is 65.9 Å². The number of hydrogen-bond acceptors (Lipinski definition) is 2. The van der Waals surface area contributed by atoms with Gasteiger partial charge < -0.3 is 4.57 Å². The average Bonchev–Trinajstić information content (AvgIpc) is 3.62. The Kier molecular flexibility index (Phi) is 7.82. The highest BCUT2D eigenvalue weighted by molar-refractivity contribution is 6.12. The molecular formula is C54H35N3. The van der Waals surface area contributed by atoms with Crippen LogP contribution in [0, 0.1) is 0 Å². The van der Waals surface area contributed by atoms with Gasteiger partial charge in [0.05, 0.1) is 28.1 Å². The highest BCUT2D eigenvalue weighted by atomic mass is 15.0. The summed E-state index contributed by atoms with van der Waals surface area (Å²) in [6.45, 7) is 0. The molecule has 0 spiro atoms. The smallest absolute Gasteiger partial charge is 0.160 e. The predicted molar refractivity (Wildman–Crippen MR) is 239 cm³/mol. The molecule has 0 saturated carbocycles. The van der Waals surface area contributed by atoms with E-state index >= 15 is 0 Å². The van der Waals surface area contributed by atoms with Gasteiger partial charge in [0.25, 0.3) is 0 Å². The summed E-state index contributed by atoms with van der Waals surface area (Å²) >= 11 is 0. The molecule has 0 unspecified atom stereocenters. The normalized spacial score (nSPS) is 11.5. The van der Waals surface area contributed by atoms with Gasteiger partial charge in [-0.3, -0.25) is 0 Å². The number of fused-ring (bicyclic) bond motifs is 5. The summed E-state index contributed by atoms with van der Waals surface area (Å²) in [7, 11) is 0. The lowest BCUT2D eigenvalue weighted by molar-refractivity contribution is 1.18. The Bertz CT molecular complexity index is 3210. The Hall–Kier alpha value is -7.62.